The van der Waals surface area contributed by atoms with Crippen molar-refractivity contribution < 1.29 is 9.90 Å². The van der Waals surface area contributed by atoms with E-state index in [1.165, 1.54) is 0 Å². The molecule has 14 heavy (non-hydrogen) atoms. The monoisotopic (exact) mass is 202 g/mol. The first kappa shape index (κ1) is 13.4. The molecule has 0 aromatic rings. The number of nitrogens with one attached hydrogen (secondary N) is 1. The topological polar surface area (TPSA) is 75.3 Å². The highest BCUT2D eigenvalue weighted by Crippen LogP contribution is 2.10. The third-order valence-corrected chi connectivity index (χ3v) is 2.27. The molecule has 1 amide bonds. The Morgan fingerprint density at radius 2 is 2.14 bits per heavy atom. The van der Waals surface area contributed by atoms with E-state index in [0.29, 0.717) is 13.0 Å². The molecule has 0 radical (unpaired) electrons. The van der Waals surface area contributed by atoms with Gasteiger partial charge in [0.15, 0.2) is 0 Å². The fourth-order valence-electron chi connectivity index (χ4n) is 1.42. The lowest BCUT2D eigenvalue weighted by molar-refractivity contribution is -0.120. The van der Waals surface area contributed by atoms with E-state index in [1.807, 2.05) is 13.8 Å². The molecule has 0 rings (SSSR count). The number of aliphatic hydroxyl groups is 1. The van der Waals surface area contributed by atoms with Crippen LogP contribution in [0.3, 0.4) is 0 Å². The van der Waals surface area contributed by atoms with E-state index in [1.54, 1.807) is 6.92 Å². The second kappa shape index (κ2) is 5.98. The number of carbonyl (C=O) groups excluding carboxylic acids is 1. The lowest BCUT2D eigenvalue weighted by Crippen LogP contribution is -2.47. The molecule has 4 nitrogen and oxygen atoms in total. The van der Waals surface area contributed by atoms with Gasteiger partial charge in [0.25, 0.3) is 0 Å². The van der Waals surface area contributed by atoms with E-state index in [-0.39, 0.29) is 11.9 Å². The molecule has 0 aromatic heterocycles. The Hall–Kier alpha value is -0.610. The standard InChI is InChI=1S/C10H22N2O2/c1-4-6-10(3,14)7-12-8(5-2)9(11)13/h8,12,14H,4-7H2,1-3H3,(H2,11,13). The van der Waals surface area contributed by atoms with Crippen LogP contribution >= 0.6 is 0 Å². The van der Waals surface area contributed by atoms with Crippen LogP contribution in [0, 0.1) is 0 Å². The van der Waals surface area contributed by atoms with Crippen molar-refractivity contribution >= 4 is 5.91 Å². The number of hydrogen-bond acceptors (Lipinski definition) is 3. The van der Waals surface area contributed by atoms with Gasteiger partial charge in [0.05, 0.1) is 11.6 Å². The summed E-state index contributed by atoms with van der Waals surface area (Å²) in [6.07, 6.45) is 2.29. The van der Waals surface area contributed by atoms with Crippen molar-refractivity contribution in [1.82, 2.24) is 5.32 Å². The Balaban J connectivity index is 3.95. The van der Waals surface area contributed by atoms with Crippen LogP contribution < -0.4 is 11.1 Å². The molecule has 4 heteroatoms. The summed E-state index contributed by atoms with van der Waals surface area (Å²) in [5.74, 6) is -0.361. The molecule has 4 N–H and O–H groups in total. The molecule has 0 aromatic carbocycles. The highest BCUT2D eigenvalue weighted by atomic mass is 16.3. The molecule has 0 saturated carbocycles. The van der Waals surface area contributed by atoms with Crippen LogP contribution in [-0.2, 0) is 4.79 Å². The molecule has 0 saturated heterocycles. The van der Waals surface area contributed by atoms with Gasteiger partial charge >= 0.3 is 0 Å². The number of nitrogens with two attached hydrogens (primary N) is 1. The number of rotatable bonds is 7. The van der Waals surface area contributed by atoms with Gasteiger partial charge in [-0.2, -0.15) is 0 Å². The molecule has 0 bridgehead atoms. The third-order valence-electron chi connectivity index (χ3n) is 2.27. The minimum Gasteiger partial charge on any atom is -0.389 e. The number of amides is 1. The Morgan fingerprint density at radius 1 is 1.57 bits per heavy atom. The van der Waals surface area contributed by atoms with Gasteiger partial charge in [0.2, 0.25) is 5.91 Å². The molecular formula is C10H22N2O2. The Morgan fingerprint density at radius 3 is 2.50 bits per heavy atom. The van der Waals surface area contributed by atoms with Crippen molar-refractivity contribution in [2.45, 2.75) is 51.7 Å². The lowest BCUT2D eigenvalue weighted by atomic mass is 10.00. The molecule has 0 heterocycles. The summed E-state index contributed by atoms with van der Waals surface area (Å²) in [6.45, 7) is 6.07. The van der Waals surface area contributed by atoms with Crippen LogP contribution in [0.5, 0.6) is 0 Å². The zero-order valence-electron chi connectivity index (χ0n) is 9.34. The van der Waals surface area contributed by atoms with Crippen molar-refractivity contribution in [1.29, 1.82) is 0 Å². The summed E-state index contributed by atoms with van der Waals surface area (Å²) >= 11 is 0. The fourth-order valence-corrected chi connectivity index (χ4v) is 1.42. The van der Waals surface area contributed by atoms with Crippen molar-refractivity contribution in [2.75, 3.05) is 6.54 Å². The van der Waals surface area contributed by atoms with E-state index in [0.717, 1.165) is 12.8 Å². The van der Waals surface area contributed by atoms with Crippen molar-refractivity contribution in [3.8, 4) is 0 Å². The average Bonchev–Trinajstić information content (AvgIpc) is 2.04. The predicted molar refractivity (Wildman–Crippen MR) is 56.8 cm³/mol. The number of hydrogen-bond donors (Lipinski definition) is 3. The SMILES string of the molecule is CCCC(C)(O)CNC(CC)C(N)=O. The lowest BCUT2D eigenvalue weighted by Gasteiger charge is -2.25. The van der Waals surface area contributed by atoms with E-state index < -0.39 is 5.60 Å². The first-order valence-electron chi connectivity index (χ1n) is 5.18. The second-order valence-corrected chi connectivity index (χ2v) is 3.99. The van der Waals surface area contributed by atoms with E-state index in [2.05, 4.69) is 5.32 Å². The third kappa shape index (κ3) is 5.19. The summed E-state index contributed by atoms with van der Waals surface area (Å²) in [5.41, 5.74) is 4.42. The van der Waals surface area contributed by atoms with Gasteiger partial charge in [0.1, 0.15) is 0 Å². The smallest absolute Gasteiger partial charge is 0.234 e. The predicted octanol–water partition coefficient (Wildman–Crippen LogP) is 0.391. The normalized spacial score (nSPS) is 17.4. The summed E-state index contributed by atoms with van der Waals surface area (Å²) in [5, 5.41) is 12.8. The Labute approximate surface area is 85.9 Å². The Kier molecular flexibility index (Phi) is 5.72. The largest absolute Gasteiger partial charge is 0.389 e. The van der Waals surface area contributed by atoms with Gasteiger partial charge in [-0.15, -0.1) is 0 Å². The minimum atomic E-state index is -0.752. The van der Waals surface area contributed by atoms with Crippen molar-refractivity contribution in [2.24, 2.45) is 5.73 Å². The van der Waals surface area contributed by atoms with E-state index in [9.17, 15) is 9.90 Å². The van der Waals surface area contributed by atoms with Crippen LogP contribution in [-0.4, -0.2) is 29.2 Å². The van der Waals surface area contributed by atoms with Crippen molar-refractivity contribution in [3.63, 3.8) is 0 Å². The number of primary amides is 1. The maximum atomic E-state index is 10.9. The molecule has 0 aliphatic rings. The molecule has 2 unspecified atom stereocenters. The maximum absolute atomic E-state index is 10.9. The molecule has 0 aliphatic heterocycles. The van der Waals surface area contributed by atoms with Gasteiger partial charge in [-0.3, -0.25) is 4.79 Å². The van der Waals surface area contributed by atoms with Crippen LogP contribution in [0.15, 0.2) is 0 Å². The highest BCUT2D eigenvalue weighted by molar-refractivity contribution is 5.79. The van der Waals surface area contributed by atoms with Crippen LogP contribution in [0.1, 0.15) is 40.0 Å². The van der Waals surface area contributed by atoms with Gasteiger partial charge in [-0.1, -0.05) is 20.3 Å². The number of carbonyl (C=O) groups is 1. The first-order valence-corrected chi connectivity index (χ1v) is 5.18. The molecule has 0 aliphatic carbocycles. The van der Waals surface area contributed by atoms with Gasteiger partial charge in [0, 0.05) is 6.54 Å². The van der Waals surface area contributed by atoms with Gasteiger partial charge in [-0.25, -0.2) is 0 Å². The molecule has 2 atom stereocenters. The molecule has 0 fully saturated rings. The summed E-state index contributed by atoms with van der Waals surface area (Å²) in [7, 11) is 0. The van der Waals surface area contributed by atoms with Crippen molar-refractivity contribution in [3.05, 3.63) is 0 Å². The zero-order chi connectivity index (χ0) is 11.2. The summed E-state index contributed by atoms with van der Waals surface area (Å²) < 4.78 is 0. The van der Waals surface area contributed by atoms with Crippen LogP contribution in [0.2, 0.25) is 0 Å². The maximum Gasteiger partial charge on any atom is 0.234 e. The van der Waals surface area contributed by atoms with E-state index >= 15 is 0 Å². The summed E-state index contributed by atoms with van der Waals surface area (Å²) in [6, 6.07) is -0.335. The molecule has 0 spiro atoms. The second-order valence-electron chi connectivity index (χ2n) is 3.99. The minimum absolute atomic E-state index is 0.335. The average molecular weight is 202 g/mol. The highest BCUT2D eigenvalue weighted by Gasteiger charge is 2.21. The first-order chi connectivity index (χ1) is 6.43. The molecular weight excluding hydrogens is 180 g/mol. The zero-order valence-corrected chi connectivity index (χ0v) is 9.34. The van der Waals surface area contributed by atoms with E-state index in [4.69, 9.17) is 5.73 Å². The van der Waals surface area contributed by atoms with Gasteiger partial charge in [-0.05, 0) is 19.8 Å². The quantitative estimate of drug-likeness (QED) is 0.559. The van der Waals surface area contributed by atoms with Gasteiger partial charge < -0.3 is 16.2 Å². The van der Waals surface area contributed by atoms with Crippen LogP contribution in [0.25, 0.3) is 0 Å². The van der Waals surface area contributed by atoms with Crippen LogP contribution in [0.4, 0.5) is 0 Å². The Bertz CT molecular complexity index is 181. The fraction of sp³-hybridized carbons (Fsp3) is 0.900. The molecule has 84 valence electrons. The summed E-state index contributed by atoms with van der Waals surface area (Å²) in [4.78, 5) is 10.9.